The first kappa shape index (κ1) is 30.2. The molecular weight excluding hydrogens is 576 g/mol. The molecule has 3 aliphatic rings. The van der Waals surface area contributed by atoms with Crippen LogP contribution in [0.1, 0.15) is 109 Å². The molecule has 8 heteroatoms. The summed E-state index contributed by atoms with van der Waals surface area (Å²) >= 11 is 0. The summed E-state index contributed by atoms with van der Waals surface area (Å²) in [6.07, 6.45) is 8.24. The summed E-state index contributed by atoms with van der Waals surface area (Å²) in [6.45, 7) is 7.86. The van der Waals surface area contributed by atoms with Crippen LogP contribution in [0, 0.1) is 5.92 Å². The average molecular weight is 619 g/mol. The smallest absolute Gasteiger partial charge is 0.339 e. The number of hydrogen-bond donors (Lipinski definition) is 1. The number of carboxylic acid groups (broad SMARTS) is 1. The fraction of sp³-hybridized carbons (Fsp3) is 0.421. The Bertz CT molecular complexity index is 1780. The molecule has 7 rings (SSSR count). The van der Waals surface area contributed by atoms with Crippen molar-refractivity contribution in [3.05, 3.63) is 94.3 Å². The van der Waals surface area contributed by atoms with Crippen LogP contribution in [-0.2, 0) is 17.6 Å². The number of fused-ring (bicyclic) bond motifs is 1. The standard InChI is InChI=1S/C38H42N4O4/c1-4-24-21-28(14-15-29(24)25-17-19-41(20-18-25)37(43)27-11-12-27)46-33-16-13-26-7-5-8-30(35(26)33)32-9-6-10-34(40-32)42-36(23(2)3)31(22-39-42)38(44)45/h5-10,14-15,21-23,25,27,33H,4,11-13,16-20H2,1-3H3,(H,44,45)/t33-/m0/s1. The summed E-state index contributed by atoms with van der Waals surface area (Å²) in [5.74, 6) is 1.58. The number of carbonyl (C=O) groups excluding carboxylic acids is 1. The minimum atomic E-state index is -0.989. The van der Waals surface area contributed by atoms with Gasteiger partial charge in [0.05, 0.1) is 17.6 Å². The number of nitrogens with zero attached hydrogens (tertiary/aromatic N) is 4. The summed E-state index contributed by atoms with van der Waals surface area (Å²) < 4.78 is 8.41. The molecule has 0 bridgehead atoms. The molecule has 2 aliphatic carbocycles. The van der Waals surface area contributed by atoms with E-state index in [1.54, 1.807) is 4.68 Å². The fourth-order valence-electron chi connectivity index (χ4n) is 7.46. The molecule has 4 aromatic rings. The van der Waals surface area contributed by atoms with E-state index in [0.717, 1.165) is 80.6 Å². The second-order valence-electron chi connectivity index (χ2n) is 13.3. The maximum atomic E-state index is 12.6. The maximum absolute atomic E-state index is 12.6. The third kappa shape index (κ3) is 5.70. The van der Waals surface area contributed by atoms with Gasteiger partial charge in [-0.15, -0.1) is 0 Å². The minimum Gasteiger partial charge on any atom is -0.486 e. The molecule has 2 fully saturated rings. The Balaban J connectivity index is 1.13. The predicted molar refractivity (Wildman–Crippen MR) is 177 cm³/mol. The zero-order valence-corrected chi connectivity index (χ0v) is 26.9. The van der Waals surface area contributed by atoms with Crippen LogP contribution in [0.5, 0.6) is 5.75 Å². The monoisotopic (exact) mass is 618 g/mol. The maximum Gasteiger partial charge on any atom is 0.339 e. The minimum absolute atomic E-state index is 0.0402. The van der Waals surface area contributed by atoms with E-state index >= 15 is 0 Å². The number of aromatic nitrogens is 3. The third-order valence-corrected chi connectivity index (χ3v) is 9.95. The first-order chi connectivity index (χ1) is 22.3. The molecule has 46 heavy (non-hydrogen) atoms. The van der Waals surface area contributed by atoms with Crippen molar-refractivity contribution in [2.24, 2.45) is 5.92 Å². The highest BCUT2D eigenvalue weighted by Crippen LogP contribution is 2.42. The molecule has 1 N–H and O–H groups in total. The molecule has 1 atom stereocenters. The summed E-state index contributed by atoms with van der Waals surface area (Å²) in [7, 11) is 0. The van der Waals surface area contributed by atoms with Crippen molar-refractivity contribution in [2.75, 3.05) is 13.1 Å². The van der Waals surface area contributed by atoms with Crippen molar-refractivity contribution in [1.29, 1.82) is 0 Å². The lowest BCUT2D eigenvalue weighted by molar-refractivity contribution is -0.133. The molecule has 0 spiro atoms. The highest BCUT2D eigenvalue weighted by atomic mass is 16.5. The van der Waals surface area contributed by atoms with Gasteiger partial charge in [0.15, 0.2) is 5.82 Å². The number of rotatable bonds is 9. The van der Waals surface area contributed by atoms with Crippen LogP contribution in [0.4, 0.5) is 0 Å². The van der Waals surface area contributed by atoms with Gasteiger partial charge in [-0.05, 0) is 97.7 Å². The van der Waals surface area contributed by atoms with Crippen molar-refractivity contribution in [1.82, 2.24) is 19.7 Å². The topological polar surface area (TPSA) is 97.6 Å². The van der Waals surface area contributed by atoms with Gasteiger partial charge in [-0.25, -0.2) is 14.5 Å². The summed E-state index contributed by atoms with van der Waals surface area (Å²) in [4.78, 5) is 31.5. The van der Waals surface area contributed by atoms with Crippen molar-refractivity contribution in [3.63, 3.8) is 0 Å². The lowest BCUT2D eigenvalue weighted by Gasteiger charge is -2.33. The average Bonchev–Trinajstić information content (AvgIpc) is 3.69. The largest absolute Gasteiger partial charge is 0.486 e. The zero-order valence-electron chi connectivity index (χ0n) is 26.9. The molecule has 8 nitrogen and oxygen atoms in total. The van der Waals surface area contributed by atoms with Gasteiger partial charge in [-0.2, -0.15) is 5.10 Å². The van der Waals surface area contributed by atoms with Crippen LogP contribution in [0.25, 0.3) is 17.1 Å². The number of amides is 1. The molecule has 0 unspecified atom stereocenters. The second-order valence-corrected chi connectivity index (χ2v) is 13.3. The molecule has 1 amide bonds. The van der Waals surface area contributed by atoms with Crippen LogP contribution in [0.3, 0.4) is 0 Å². The Morgan fingerprint density at radius 3 is 2.50 bits per heavy atom. The van der Waals surface area contributed by atoms with Gasteiger partial charge in [-0.1, -0.05) is 51.1 Å². The number of ether oxygens (including phenoxy) is 1. The van der Waals surface area contributed by atoms with Crippen LogP contribution in [-0.4, -0.2) is 49.7 Å². The van der Waals surface area contributed by atoms with E-state index in [1.807, 2.05) is 32.0 Å². The lowest BCUT2D eigenvalue weighted by atomic mass is 9.85. The molecule has 2 aromatic heterocycles. The summed E-state index contributed by atoms with van der Waals surface area (Å²) in [6, 6.07) is 18.8. The number of likely N-dealkylation sites (tertiary alicyclic amines) is 1. The highest BCUT2D eigenvalue weighted by molar-refractivity contribution is 5.89. The van der Waals surface area contributed by atoms with E-state index in [-0.39, 0.29) is 17.6 Å². The number of carboxylic acids is 1. The van der Waals surface area contributed by atoms with E-state index in [0.29, 0.717) is 29.3 Å². The van der Waals surface area contributed by atoms with Gasteiger partial charge in [0.2, 0.25) is 5.91 Å². The van der Waals surface area contributed by atoms with E-state index in [4.69, 9.17) is 9.72 Å². The molecule has 3 heterocycles. The Kier molecular flexibility index (Phi) is 8.13. The third-order valence-electron chi connectivity index (χ3n) is 9.95. The van der Waals surface area contributed by atoms with Gasteiger partial charge < -0.3 is 14.7 Å². The Morgan fingerprint density at radius 1 is 1.00 bits per heavy atom. The first-order valence-corrected chi connectivity index (χ1v) is 16.8. The second kappa shape index (κ2) is 12.4. The molecule has 2 aromatic carbocycles. The van der Waals surface area contributed by atoms with E-state index < -0.39 is 5.97 Å². The fourth-order valence-corrected chi connectivity index (χ4v) is 7.46. The zero-order chi connectivity index (χ0) is 31.9. The van der Waals surface area contributed by atoms with Gasteiger partial charge in [-0.3, -0.25) is 4.79 Å². The number of pyridine rings is 1. The van der Waals surface area contributed by atoms with E-state index in [9.17, 15) is 14.7 Å². The van der Waals surface area contributed by atoms with E-state index in [1.165, 1.54) is 22.9 Å². The quantitative estimate of drug-likeness (QED) is 0.209. The number of aromatic carboxylic acids is 1. The molecule has 1 saturated carbocycles. The first-order valence-electron chi connectivity index (χ1n) is 16.8. The molecule has 238 valence electrons. The molecule has 1 aliphatic heterocycles. The van der Waals surface area contributed by atoms with Gasteiger partial charge in [0.1, 0.15) is 17.4 Å². The Labute approximate surface area is 270 Å². The molecular formula is C38H42N4O4. The number of hydrogen-bond acceptors (Lipinski definition) is 5. The lowest BCUT2D eigenvalue weighted by Crippen LogP contribution is -2.38. The van der Waals surface area contributed by atoms with Crippen LogP contribution >= 0.6 is 0 Å². The van der Waals surface area contributed by atoms with Crippen molar-refractivity contribution in [2.45, 2.75) is 83.7 Å². The van der Waals surface area contributed by atoms with Gasteiger partial charge in [0, 0.05) is 30.1 Å². The number of carbonyl (C=O) groups is 2. The van der Waals surface area contributed by atoms with Gasteiger partial charge >= 0.3 is 5.97 Å². The van der Waals surface area contributed by atoms with Crippen LogP contribution in [0.15, 0.2) is 60.8 Å². The summed E-state index contributed by atoms with van der Waals surface area (Å²) in [5.41, 5.74) is 7.81. The van der Waals surface area contributed by atoms with E-state index in [2.05, 4.69) is 53.3 Å². The normalized spacial score (nSPS) is 18.2. The molecule has 0 radical (unpaired) electrons. The number of aryl methyl sites for hydroxylation is 2. The van der Waals surface area contributed by atoms with Crippen LogP contribution in [0.2, 0.25) is 0 Å². The Morgan fingerprint density at radius 2 is 1.78 bits per heavy atom. The number of piperidine rings is 1. The number of benzene rings is 2. The van der Waals surface area contributed by atoms with Crippen molar-refractivity contribution < 1.29 is 19.4 Å². The Hall–Kier alpha value is -4.46. The highest BCUT2D eigenvalue weighted by Gasteiger charge is 2.35. The van der Waals surface area contributed by atoms with Gasteiger partial charge in [0.25, 0.3) is 0 Å². The summed E-state index contributed by atoms with van der Waals surface area (Å²) in [5, 5.41) is 14.1. The SMILES string of the molecule is CCc1cc(O[C@H]2CCc3cccc(-c4cccc(-n5ncc(C(=O)O)c5C(C)C)n4)c32)ccc1C1CCN(C(=O)C2CC2)CC1. The van der Waals surface area contributed by atoms with Crippen molar-refractivity contribution >= 4 is 11.9 Å². The van der Waals surface area contributed by atoms with Crippen molar-refractivity contribution in [3.8, 4) is 22.8 Å². The van der Waals surface area contributed by atoms with Crippen LogP contribution < -0.4 is 4.74 Å². The predicted octanol–water partition coefficient (Wildman–Crippen LogP) is 7.50. The molecule has 1 saturated heterocycles.